The van der Waals surface area contributed by atoms with Crippen LogP contribution in [0.5, 0.6) is 0 Å². The van der Waals surface area contributed by atoms with E-state index in [0.717, 1.165) is 28.6 Å². The standard InChI is InChI=1S/C25H28N4/c1-24(2,3)22-19-7-6-16(12-17(19)8-11-28-22)14-25(4,5)23-20-9-10-27-15-18(20)13-21(26)29-23/h6-13,15H,14H2,1-5H3,(H2,26,29). The summed E-state index contributed by atoms with van der Waals surface area (Å²) in [5.41, 5.74) is 9.36. The molecule has 0 saturated carbocycles. The van der Waals surface area contributed by atoms with E-state index in [0.29, 0.717) is 5.82 Å². The number of hydrogen-bond donors (Lipinski definition) is 1. The summed E-state index contributed by atoms with van der Waals surface area (Å²) in [7, 11) is 0. The zero-order chi connectivity index (χ0) is 20.8. The molecule has 4 aromatic rings. The maximum atomic E-state index is 6.10. The topological polar surface area (TPSA) is 64.7 Å². The quantitative estimate of drug-likeness (QED) is 0.501. The van der Waals surface area contributed by atoms with Crippen molar-refractivity contribution in [1.29, 1.82) is 0 Å². The van der Waals surface area contributed by atoms with Crippen molar-refractivity contribution in [3.8, 4) is 0 Å². The Hall–Kier alpha value is -3.01. The first-order valence-electron chi connectivity index (χ1n) is 10.0. The van der Waals surface area contributed by atoms with Crippen LogP contribution >= 0.6 is 0 Å². The second-order valence-corrected chi connectivity index (χ2v) is 9.52. The minimum absolute atomic E-state index is 0.0126. The molecule has 0 spiro atoms. The van der Waals surface area contributed by atoms with Crippen LogP contribution in [-0.2, 0) is 17.3 Å². The van der Waals surface area contributed by atoms with Crippen molar-refractivity contribution < 1.29 is 0 Å². The van der Waals surface area contributed by atoms with Crippen LogP contribution in [0.3, 0.4) is 0 Å². The van der Waals surface area contributed by atoms with Crippen molar-refractivity contribution in [2.24, 2.45) is 0 Å². The molecule has 0 bridgehead atoms. The Labute approximate surface area is 172 Å². The van der Waals surface area contributed by atoms with Crippen LogP contribution in [0.1, 0.15) is 51.6 Å². The molecule has 0 radical (unpaired) electrons. The van der Waals surface area contributed by atoms with Gasteiger partial charge in [0.1, 0.15) is 5.82 Å². The highest BCUT2D eigenvalue weighted by Gasteiger charge is 2.26. The minimum atomic E-state index is -0.178. The van der Waals surface area contributed by atoms with Gasteiger partial charge in [-0.1, -0.05) is 52.8 Å². The molecule has 4 nitrogen and oxygen atoms in total. The summed E-state index contributed by atoms with van der Waals surface area (Å²) in [4.78, 5) is 13.6. The molecule has 4 heteroatoms. The molecule has 3 aromatic heterocycles. The van der Waals surface area contributed by atoms with Gasteiger partial charge < -0.3 is 5.73 Å². The van der Waals surface area contributed by atoms with Crippen LogP contribution < -0.4 is 5.73 Å². The first kappa shape index (κ1) is 19.3. The zero-order valence-electron chi connectivity index (χ0n) is 17.8. The predicted molar refractivity (Wildman–Crippen MR) is 121 cm³/mol. The van der Waals surface area contributed by atoms with Gasteiger partial charge in [0.05, 0.1) is 11.4 Å². The van der Waals surface area contributed by atoms with Crippen molar-refractivity contribution in [3.05, 3.63) is 71.9 Å². The van der Waals surface area contributed by atoms with E-state index in [1.807, 2.05) is 30.7 Å². The SMILES string of the molecule is CC(C)(C)c1nccc2cc(CC(C)(C)c3nc(N)cc4cnccc34)ccc12. The third-order valence-corrected chi connectivity index (χ3v) is 5.48. The molecule has 2 N–H and O–H groups in total. The van der Waals surface area contributed by atoms with Crippen molar-refractivity contribution in [3.63, 3.8) is 0 Å². The van der Waals surface area contributed by atoms with E-state index in [1.165, 1.54) is 16.3 Å². The molecule has 148 valence electrons. The van der Waals surface area contributed by atoms with E-state index in [-0.39, 0.29) is 10.8 Å². The van der Waals surface area contributed by atoms with Crippen molar-refractivity contribution in [2.75, 3.05) is 5.73 Å². The first-order chi connectivity index (χ1) is 13.6. The van der Waals surface area contributed by atoms with E-state index < -0.39 is 0 Å². The predicted octanol–water partition coefficient (Wildman–Crippen LogP) is 5.58. The zero-order valence-corrected chi connectivity index (χ0v) is 17.8. The average molecular weight is 385 g/mol. The Kier molecular flexibility index (Phi) is 4.53. The number of nitrogen functional groups attached to an aromatic ring is 1. The van der Waals surface area contributed by atoms with E-state index in [9.17, 15) is 0 Å². The van der Waals surface area contributed by atoms with Gasteiger partial charge in [0.2, 0.25) is 0 Å². The van der Waals surface area contributed by atoms with Crippen LogP contribution in [0.4, 0.5) is 5.82 Å². The Morgan fingerprint density at radius 1 is 0.828 bits per heavy atom. The third kappa shape index (κ3) is 3.67. The number of fused-ring (bicyclic) bond motifs is 2. The van der Waals surface area contributed by atoms with Crippen LogP contribution in [0, 0.1) is 0 Å². The summed E-state index contributed by atoms with van der Waals surface area (Å²) in [6.07, 6.45) is 6.45. The molecular formula is C25H28N4. The molecular weight excluding hydrogens is 356 g/mol. The van der Waals surface area contributed by atoms with Gasteiger partial charge in [-0.05, 0) is 35.6 Å². The number of benzene rings is 1. The largest absolute Gasteiger partial charge is 0.384 e. The molecule has 0 fully saturated rings. The lowest BCUT2D eigenvalue weighted by Gasteiger charge is -2.26. The fraction of sp³-hybridized carbons (Fsp3) is 0.320. The average Bonchev–Trinajstić information content (AvgIpc) is 2.65. The second kappa shape index (κ2) is 6.80. The Morgan fingerprint density at radius 2 is 1.59 bits per heavy atom. The molecule has 1 aromatic carbocycles. The first-order valence-corrected chi connectivity index (χ1v) is 10.0. The normalized spacial score (nSPS) is 12.6. The minimum Gasteiger partial charge on any atom is -0.384 e. The number of hydrogen-bond acceptors (Lipinski definition) is 4. The van der Waals surface area contributed by atoms with Gasteiger partial charge >= 0.3 is 0 Å². The summed E-state index contributed by atoms with van der Waals surface area (Å²) in [6.45, 7) is 11.1. The van der Waals surface area contributed by atoms with Gasteiger partial charge in [-0.2, -0.15) is 0 Å². The lowest BCUT2D eigenvalue weighted by Crippen LogP contribution is -2.23. The summed E-state index contributed by atoms with van der Waals surface area (Å²) >= 11 is 0. The fourth-order valence-corrected chi connectivity index (χ4v) is 4.16. The fourth-order valence-electron chi connectivity index (χ4n) is 4.16. The smallest absolute Gasteiger partial charge is 0.124 e. The Bertz CT molecular complexity index is 1200. The van der Waals surface area contributed by atoms with Crippen LogP contribution in [0.15, 0.2) is 55.0 Å². The lowest BCUT2D eigenvalue weighted by atomic mass is 9.80. The summed E-state index contributed by atoms with van der Waals surface area (Å²) in [5.74, 6) is 0.535. The summed E-state index contributed by atoms with van der Waals surface area (Å²) in [5, 5.41) is 4.59. The van der Waals surface area contributed by atoms with Crippen LogP contribution in [-0.4, -0.2) is 15.0 Å². The van der Waals surface area contributed by atoms with Gasteiger partial charge in [0.15, 0.2) is 0 Å². The van der Waals surface area contributed by atoms with Gasteiger partial charge in [-0.25, -0.2) is 4.98 Å². The molecule has 3 heterocycles. The molecule has 0 atom stereocenters. The third-order valence-electron chi connectivity index (χ3n) is 5.48. The summed E-state index contributed by atoms with van der Waals surface area (Å²) < 4.78 is 0. The van der Waals surface area contributed by atoms with Crippen LogP contribution in [0.2, 0.25) is 0 Å². The highest BCUT2D eigenvalue weighted by Crippen LogP contribution is 2.34. The monoisotopic (exact) mass is 384 g/mol. The van der Waals surface area contributed by atoms with Crippen molar-refractivity contribution in [1.82, 2.24) is 15.0 Å². The molecule has 0 unspecified atom stereocenters. The highest BCUT2D eigenvalue weighted by molar-refractivity contribution is 5.87. The molecule has 0 aliphatic carbocycles. The second-order valence-electron chi connectivity index (χ2n) is 9.52. The number of nitrogens with zero attached hydrogens (tertiary/aromatic N) is 3. The van der Waals surface area contributed by atoms with Gasteiger partial charge in [-0.15, -0.1) is 0 Å². The number of pyridine rings is 3. The van der Waals surface area contributed by atoms with E-state index >= 15 is 0 Å². The highest BCUT2D eigenvalue weighted by atomic mass is 14.9. The van der Waals surface area contributed by atoms with Crippen LogP contribution in [0.25, 0.3) is 21.5 Å². The van der Waals surface area contributed by atoms with Crippen molar-refractivity contribution in [2.45, 2.75) is 51.9 Å². The molecule has 0 aliphatic rings. The lowest BCUT2D eigenvalue weighted by molar-refractivity contribution is 0.512. The van der Waals surface area contributed by atoms with Gasteiger partial charge in [-0.3, -0.25) is 9.97 Å². The summed E-state index contributed by atoms with van der Waals surface area (Å²) in [6, 6.07) is 12.7. The van der Waals surface area contributed by atoms with E-state index in [1.54, 1.807) is 0 Å². The molecule has 0 saturated heterocycles. The molecule has 0 amide bonds. The molecule has 0 aliphatic heterocycles. The maximum Gasteiger partial charge on any atom is 0.124 e. The maximum absolute atomic E-state index is 6.10. The number of nitrogens with two attached hydrogens (primary N) is 1. The molecule has 4 rings (SSSR count). The van der Waals surface area contributed by atoms with E-state index in [4.69, 9.17) is 10.7 Å². The number of anilines is 1. The Morgan fingerprint density at radius 3 is 2.34 bits per heavy atom. The van der Waals surface area contributed by atoms with E-state index in [2.05, 4.69) is 68.9 Å². The van der Waals surface area contributed by atoms with Gasteiger partial charge in [0, 0.05) is 45.6 Å². The number of aromatic nitrogens is 3. The van der Waals surface area contributed by atoms with Gasteiger partial charge in [0.25, 0.3) is 0 Å². The molecule has 29 heavy (non-hydrogen) atoms. The van der Waals surface area contributed by atoms with Crippen molar-refractivity contribution >= 4 is 27.4 Å². The Balaban J connectivity index is 1.77. The number of rotatable bonds is 3.